The Morgan fingerprint density at radius 1 is 0.800 bits per heavy atom. The molecule has 2 N–H and O–H groups in total. The molecule has 0 aliphatic heterocycles. The minimum Gasteiger partial charge on any atom is -0.341 e. The van der Waals surface area contributed by atoms with E-state index in [2.05, 4.69) is 10.6 Å². The summed E-state index contributed by atoms with van der Waals surface area (Å²) in [4.78, 5) is 24.7. The smallest absolute Gasteiger partial charge is 0.309 e. The van der Waals surface area contributed by atoms with Gasteiger partial charge in [0.1, 0.15) is 0 Å². The minimum atomic E-state index is -0.600. The standard InChI is InChI=1S/C21H26N2O2/c1-4-18(16-11-7-5-8-12-16)22-20(24)21(25)23-19(15(2)3)17-13-9-6-10-14-17/h5-15,18-19H,4H2,1-3H3,(H,22,24)(H,23,25)/t18-,19+/m0/s1. The zero-order chi connectivity index (χ0) is 18.2. The Kier molecular flexibility index (Phi) is 6.75. The zero-order valence-electron chi connectivity index (χ0n) is 15.0. The molecule has 4 nitrogen and oxygen atoms in total. The number of hydrogen-bond donors (Lipinski definition) is 2. The normalized spacial score (nSPS) is 13.1. The molecular weight excluding hydrogens is 312 g/mol. The summed E-state index contributed by atoms with van der Waals surface area (Å²) in [7, 11) is 0. The average molecular weight is 338 g/mol. The topological polar surface area (TPSA) is 58.2 Å². The van der Waals surface area contributed by atoms with Crippen molar-refractivity contribution >= 4 is 11.8 Å². The van der Waals surface area contributed by atoms with Crippen LogP contribution < -0.4 is 10.6 Å². The van der Waals surface area contributed by atoms with Crippen LogP contribution in [0.2, 0.25) is 0 Å². The van der Waals surface area contributed by atoms with Crippen molar-refractivity contribution in [3.05, 3.63) is 71.8 Å². The molecule has 0 heterocycles. The molecule has 2 rings (SSSR count). The first-order valence-electron chi connectivity index (χ1n) is 8.74. The molecule has 2 amide bonds. The first kappa shape index (κ1) is 18.7. The summed E-state index contributed by atoms with van der Waals surface area (Å²) < 4.78 is 0. The first-order valence-corrected chi connectivity index (χ1v) is 8.74. The molecule has 132 valence electrons. The lowest BCUT2D eigenvalue weighted by atomic mass is 9.96. The van der Waals surface area contributed by atoms with Crippen LogP contribution in [0.4, 0.5) is 0 Å². The second kappa shape index (κ2) is 9.02. The Bertz CT molecular complexity index is 684. The lowest BCUT2D eigenvalue weighted by Gasteiger charge is -2.23. The molecule has 2 atom stereocenters. The number of nitrogens with one attached hydrogen (secondary N) is 2. The third-order valence-corrected chi connectivity index (χ3v) is 4.23. The highest BCUT2D eigenvalue weighted by Crippen LogP contribution is 2.21. The molecule has 0 aliphatic carbocycles. The second-order valence-electron chi connectivity index (χ2n) is 6.45. The van der Waals surface area contributed by atoms with Gasteiger partial charge in [0.25, 0.3) is 0 Å². The highest BCUT2D eigenvalue weighted by atomic mass is 16.2. The Morgan fingerprint density at radius 2 is 1.28 bits per heavy atom. The highest BCUT2D eigenvalue weighted by Gasteiger charge is 2.24. The third kappa shape index (κ3) is 5.18. The number of rotatable bonds is 6. The lowest BCUT2D eigenvalue weighted by Crippen LogP contribution is -2.43. The van der Waals surface area contributed by atoms with Crippen molar-refractivity contribution in [3.63, 3.8) is 0 Å². The van der Waals surface area contributed by atoms with Crippen LogP contribution in [0.15, 0.2) is 60.7 Å². The molecule has 25 heavy (non-hydrogen) atoms. The Morgan fingerprint density at radius 3 is 1.76 bits per heavy atom. The molecule has 0 saturated heterocycles. The van der Waals surface area contributed by atoms with E-state index in [1.54, 1.807) is 0 Å². The van der Waals surface area contributed by atoms with Crippen molar-refractivity contribution < 1.29 is 9.59 Å². The molecule has 0 radical (unpaired) electrons. The van der Waals surface area contributed by atoms with Crippen molar-refractivity contribution in [2.75, 3.05) is 0 Å². The number of hydrogen-bond acceptors (Lipinski definition) is 2. The molecule has 2 aromatic rings. The summed E-state index contributed by atoms with van der Waals surface area (Å²) in [6.07, 6.45) is 0.718. The van der Waals surface area contributed by atoms with Crippen molar-refractivity contribution in [2.24, 2.45) is 5.92 Å². The summed E-state index contributed by atoms with van der Waals surface area (Å²) in [6, 6.07) is 19.0. The van der Waals surface area contributed by atoms with Crippen LogP contribution in [0, 0.1) is 5.92 Å². The van der Waals surface area contributed by atoms with Gasteiger partial charge in [0.15, 0.2) is 0 Å². The Labute approximate surface area is 149 Å². The molecule has 0 fully saturated rings. The maximum absolute atomic E-state index is 12.4. The lowest BCUT2D eigenvalue weighted by molar-refractivity contribution is -0.140. The van der Waals surface area contributed by atoms with Gasteiger partial charge in [-0.05, 0) is 23.5 Å². The van der Waals surface area contributed by atoms with Crippen LogP contribution in [0.25, 0.3) is 0 Å². The average Bonchev–Trinajstić information content (AvgIpc) is 2.64. The van der Waals surface area contributed by atoms with E-state index in [0.717, 1.165) is 17.5 Å². The fourth-order valence-corrected chi connectivity index (χ4v) is 2.83. The first-order chi connectivity index (χ1) is 12.0. The largest absolute Gasteiger partial charge is 0.341 e. The van der Waals surface area contributed by atoms with E-state index in [0.29, 0.717) is 0 Å². The molecule has 0 aromatic heterocycles. The highest BCUT2D eigenvalue weighted by molar-refractivity contribution is 6.35. The molecule has 2 aromatic carbocycles. The van der Waals surface area contributed by atoms with Gasteiger partial charge >= 0.3 is 11.8 Å². The summed E-state index contributed by atoms with van der Waals surface area (Å²) in [5.74, 6) is -1.02. The van der Waals surface area contributed by atoms with Gasteiger partial charge in [0, 0.05) is 0 Å². The van der Waals surface area contributed by atoms with Gasteiger partial charge in [0.05, 0.1) is 12.1 Å². The molecule has 4 heteroatoms. The molecular formula is C21H26N2O2. The van der Waals surface area contributed by atoms with Gasteiger partial charge in [-0.3, -0.25) is 9.59 Å². The van der Waals surface area contributed by atoms with Crippen LogP contribution in [0.1, 0.15) is 50.4 Å². The van der Waals surface area contributed by atoms with Crippen LogP contribution in [0.5, 0.6) is 0 Å². The van der Waals surface area contributed by atoms with Crippen LogP contribution in [-0.4, -0.2) is 11.8 Å². The molecule has 0 saturated carbocycles. The van der Waals surface area contributed by atoms with Crippen LogP contribution >= 0.6 is 0 Å². The van der Waals surface area contributed by atoms with Gasteiger partial charge in [-0.25, -0.2) is 0 Å². The van der Waals surface area contributed by atoms with E-state index in [-0.39, 0.29) is 18.0 Å². The third-order valence-electron chi connectivity index (χ3n) is 4.23. The van der Waals surface area contributed by atoms with E-state index in [1.165, 1.54) is 0 Å². The van der Waals surface area contributed by atoms with Gasteiger partial charge in [-0.1, -0.05) is 81.4 Å². The van der Waals surface area contributed by atoms with Gasteiger partial charge < -0.3 is 10.6 Å². The Balaban J connectivity index is 2.04. The minimum absolute atomic E-state index is 0.173. The van der Waals surface area contributed by atoms with Crippen molar-refractivity contribution in [2.45, 2.75) is 39.3 Å². The summed E-state index contributed by atoms with van der Waals surface area (Å²) in [5.41, 5.74) is 1.99. The summed E-state index contributed by atoms with van der Waals surface area (Å²) in [6.45, 7) is 6.03. The SMILES string of the molecule is CC[C@H](NC(=O)C(=O)N[C@@H](c1ccccc1)C(C)C)c1ccccc1. The van der Waals surface area contributed by atoms with Gasteiger partial charge in [0.2, 0.25) is 0 Å². The molecule has 0 aliphatic rings. The van der Waals surface area contributed by atoms with Crippen LogP contribution in [-0.2, 0) is 9.59 Å². The predicted molar refractivity (Wildman–Crippen MR) is 99.8 cm³/mol. The fraction of sp³-hybridized carbons (Fsp3) is 0.333. The van der Waals surface area contributed by atoms with E-state index >= 15 is 0 Å². The number of carbonyl (C=O) groups is 2. The van der Waals surface area contributed by atoms with Gasteiger partial charge in [-0.15, -0.1) is 0 Å². The molecule has 0 spiro atoms. The number of carbonyl (C=O) groups excluding carboxylic acids is 2. The summed E-state index contributed by atoms with van der Waals surface area (Å²) in [5, 5.41) is 5.69. The second-order valence-corrected chi connectivity index (χ2v) is 6.45. The van der Waals surface area contributed by atoms with Crippen molar-refractivity contribution in [3.8, 4) is 0 Å². The van der Waals surface area contributed by atoms with Gasteiger partial charge in [-0.2, -0.15) is 0 Å². The Hall–Kier alpha value is -2.62. The fourth-order valence-electron chi connectivity index (χ4n) is 2.83. The maximum atomic E-state index is 12.4. The number of benzene rings is 2. The molecule has 0 bridgehead atoms. The predicted octanol–water partition coefficient (Wildman–Crippen LogP) is 3.77. The maximum Gasteiger partial charge on any atom is 0.309 e. The molecule has 0 unspecified atom stereocenters. The summed E-state index contributed by atoms with van der Waals surface area (Å²) >= 11 is 0. The van der Waals surface area contributed by atoms with E-state index in [4.69, 9.17) is 0 Å². The van der Waals surface area contributed by atoms with Crippen molar-refractivity contribution in [1.29, 1.82) is 0 Å². The van der Waals surface area contributed by atoms with Crippen molar-refractivity contribution in [1.82, 2.24) is 10.6 Å². The monoisotopic (exact) mass is 338 g/mol. The number of amides is 2. The zero-order valence-corrected chi connectivity index (χ0v) is 15.0. The van der Waals surface area contributed by atoms with E-state index in [1.807, 2.05) is 81.4 Å². The van der Waals surface area contributed by atoms with E-state index in [9.17, 15) is 9.59 Å². The van der Waals surface area contributed by atoms with E-state index < -0.39 is 11.8 Å². The quantitative estimate of drug-likeness (QED) is 0.788. The van der Waals surface area contributed by atoms with Crippen LogP contribution in [0.3, 0.4) is 0 Å².